The van der Waals surface area contributed by atoms with Crippen LogP contribution in [0.25, 0.3) is 0 Å². The molecule has 2 saturated carbocycles. The molecule has 2 aliphatic carbocycles. The second kappa shape index (κ2) is 10.4. The number of aromatic nitrogens is 3. The number of aliphatic hydroxyl groups excluding tert-OH is 1. The monoisotopic (exact) mass is 495 g/mol. The summed E-state index contributed by atoms with van der Waals surface area (Å²) in [4.78, 5) is 4.93. The van der Waals surface area contributed by atoms with Crippen molar-refractivity contribution in [3.63, 3.8) is 0 Å². The van der Waals surface area contributed by atoms with Crippen molar-refractivity contribution in [1.29, 1.82) is 0 Å². The van der Waals surface area contributed by atoms with Gasteiger partial charge in [0, 0.05) is 23.7 Å². The van der Waals surface area contributed by atoms with Crippen molar-refractivity contribution in [2.45, 2.75) is 80.7 Å². The average molecular weight is 496 g/mol. The van der Waals surface area contributed by atoms with Crippen LogP contribution < -0.4 is 9.62 Å². The third kappa shape index (κ3) is 5.36. The zero-order chi connectivity index (χ0) is 24.3. The van der Waals surface area contributed by atoms with Gasteiger partial charge in [-0.25, -0.2) is 17.7 Å². The predicted molar refractivity (Wildman–Crippen MR) is 136 cm³/mol. The number of benzene rings is 1. The molecule has 186 valence electrons. The van der Waals surface area contributed by atoms with Crippen LogP contribution in [0.5, 0.6) is 0 Å². The van der Waals surface area contributed by atoms with Gasteiger partial charge in [-0.1, -0.05) is 43.5 Å². The lowest BCUT2D eigenvalue weighted by molar-refractivity contribution is 0.124. The van der Waals surface area contributed by atoms with Crippen LogP contribution in [-0.2, 0) is 10.0 Å². The first-order valence-electron chi connectivity index (χ1n) is 12.6. The molecule has 3 aromatic rings. The molecule has 0 atom stereocenters. The first-order chi connectivity index (χ1) is 17.0. The molecular weight excluding hydrogens is 462 g/mol. The Kier molecular flexibility index (Phi) is 7.06. The molecule has 0 saturated heterocycles. The van der Waals surface area contributed by atoms with Gasteiger partial charge in [0.1, 0.15) is 11.6 Å². The Morgan fingerprint density at radius 2 is 1.63 bits per heavy atom. The number of rotatable bonds is 7. The van der Waals surface area contributed by atoms with E-state index in [4.69, 9.17) is 4.98 Å². The van der Waals surface area contributed by atoms with E-state index < -0.39 is 10.0 Å². The van der Waals surface area contributed by atoms with Crippen LogP contribution in [0.1, 0.15) is 69.4 Å². The Balaban J connectivity index is 1.42. The van der Waals surface area contributed by atoms with Crippen molar-refractivity contribution >= 4 is 27.5 Å². The quantitative estimate of drug-likeness (QED) is 0.421. The Bertz CT molecular complexity index is 1220. The van der Waals surface area contributed by atoms with Crippen molar-refractivity contribution in [2.75, 3.05) is 9.62 Å². The molecule has 2 heterocycles. The fourth-order valence-corrected chi connectivity index (χ4v) is 6.95. The molecule has 0 amide bonds. The first kappa shape index (κ1) is 23.8. The molecule has 1 aromatic carbocycles. The smallest absolute Gasteiger partial charge is 0.265 e. The lowest BCUT2D eigenvalue weighted by Gasteiger charge is -2.35. The molecular formula is C26H33N5O3S. The molecule has 2 aromatic heterocycles. The molecule has 8 nitrogen and oxygen atoms in total. The third-order valence-electron chi connectivity index (χ3n) is 7.16. The van der Waals surface area contributed by atoms with Gasteiger partial charge in [-0.3, -0.25) is 5.10 Å². The molecule has 0 bridgehead atoms. The number of nitrogens with one attached hydrogen (secondary N) is 2. The summed E-state index contributed by atoms with van der Waals surface area (Å²) in [5.74, 6) is 2.09. The molecule has 0 spiro atoms. The summed E-state index contributed by atoms with van der Waals surface area (Å²) in [6, 6.07) is 15.6. The van der Waals surface area contributed by atoms with E-state index in [0.29, 0.717) is 49.1 Å². The normalized spacial score (nSPS) is 21.5. The number of pyridine rings is 1. The number of aromatic amines is 1. The van der Waals surface area contributed by atoms with Gasteiger partial charge in [-0.15, -0.1) is 0 Å². The number of nitrogens with zero attached hydrogens (tertiary/aromatic N) is 3. The SMILES string of the molecule is O=S(=O)(c1ccccc1)N(c1cccc(Nc2cc(C3CCCCC3)[nH]n2)n1)[C@H]1CC[C@H](O)CC1. The van der Waals surface area contributed by atoms with Gasteiger partial charge in [0.05, 0.1) is 11.0 Å². The maximum Gasteiger partial charge on any atom is 0.265 e. The Labute approximate surface area is 206 Å². The zero-order valence-electron chi connectivity index (χ0n) is 19.8. The minimum atomic E-state index is -3.83. The molecule has 2 fully saturated rings. The minimum absolute atomic E-state index is 0.232. The summed E-state index contributed by atoms with van der Waals surface area (Å²) in [5.41, 5.74) is 1.14. The van der Waals surface area contributed by atoms with E-state index in [2.05, 4.69) is 15.5 Å². The molecule has 35 heavy (non-hydrogen) atoms. The number of H-pyrrole nitrogens is 1. The van der Waals surface area contributed by atoms with Crippen LogP contribution in [0, 0.1) is 0 Å². The highest BCUT2D eigenvalue weighted by atomic mass is 32.2. The molecule has 0 radical (unpaired) electrons. The van der Waals surface area contributed by atoms with Gasteiger partial charge < -0.3 is 10.4 Å². The van der Waals surface area contributed by atoms with Crippen LogP contribution in [0.3, 0.4) is 0 Å². The minimum Gasteiger partial charge on any atom is -0.393 e. The lowest BCUT2D eigenvalue weighted by atomic mass is 9.87. The maximum atomic E-state index is 13.7. The second-order valence-corrected chi connectivity index (χ2v) is 11.4. The van der Waals surface area contributed by atoms with Crippen LogP contribution >= 0.6 is 0 Å². The van der Waals surface area contributed by atoms with E-state index in [1.54, 1.807) is 36.4 Å². The third-order valence-corrected chi connectivity index (χ3v) is 9.03. The topological polar surface area (TPSA) is 111 Å². The summed E-state index contributed by atoms with van der Waals surface area (Å²) >= 11 is 0. The van der Waals surface area contributed by atoms with Crippen LogP contribution in [0.2, 0.25) is 0 Å². The molecule has 0 unspecified atom stereocenters. The molecule has 9 heteroatoms. The van der Waals surface area contributed by atoms with E-state index in [-0.39, 0.29) is 17.0 Å². The number of hydrogen-bond acceptors (Lipinski definition) is 6. The van der Waals surface area contributed by atoms with E-state index >= 15 is 0 Å². The first-order valence-corrected chi connectivity index (χ1v) is 14.0. The van der Waals surface area contributed by atoms with Gasteiger partial charge in [0.25, 0.3) is 10.0 Å². The number of hydrogen-bond donors (Lipinski definition) is 3. The number of anilines is 3. The molecule has 5 rings (SSSR count). The van der Waals surface area contributed by atoms with E-state index in [9.17, 15) is 13.5 Å². The van der Waals surface area contributed by atoms with Crippen molar-refractivity contribution in [2.24, 2.45) is 0 Å². The fraction of sp³-hybridized carbons (Fsp3) is 0.462. The highest BCUT2D eigenvalue weighted by Crippen LogP contribution is 2.34. The van der Waals surface area contributed by atoms with Crippen molar-refractivity contribution < 1.29 is 13.5 Å². The van der Waals surface area contributed by atoms with Gasteiger partial charge in [0.2, 0.25) is 0 Å². The van der Waals surface area contributed by atoms with Gasteiger partial charge in [-0.05, 0) is 62.8 Å². The molecule has 2 aliphatic rings. The zero-order valence-corrected chi connectivity index (χ0v) is 20.6. The van der Waals surface area contributed by atoms with E-state index in [1.807, 2.05) is 18.2 Å². The van der Waals surface area contributed by atoms with Gasteiger partial charge >= 0.3 is 0 Å². The van der Waals surface area contributed by atoms with Crippen LogP contribution in [0.4, 0.5) is 17.5 Å². The van der Waals surface area contributed by atoms with Crippen molar-refractivity contribution in [3.8, 4) is 0 Å². The van der Waals surface area contributed by atoms with Crippen molar-refractivity contribution in [1.82, 2.24) is 15.2 Å². The Morgan fingerprint density at radius 3 is 2.37 bits per heavy atom. The number of sulfonamides is 1. The second-order valence-electron chi connectivity index (χ2n) is 9.63. The summed E-state index contributed by atoms with van der Waals surface area (Å²) in [5, 5.41) is 20.8. The average Bonchev–Trinajstić information content (AvgIpc) is 3.35. The maximum absolute atomic E-state index is 13.7. The largest absolute Gasteiger partial charge is 0.393 e. The van der Waals surface area contributed by atoms with Crippen LogP contribution in [0.15, 0.2) is 59.5 Å². The number of aliphatic hydroxyl groups is 1. The fourth-order valence-electron chi connectivity index (χ4n) is 5.28. The van der Waals surface area contributed by atoms with Crippen molar-refractivity contribution in [3.05, 3.63) is 60.3 Å². The molecule has 0 aliphatic heterocycles. The summed E-state index contributed by atoms with van der Waals surface area (Å²) in [6.07, 6.45) is 8.07. The predicted octanol–water partition coefficient (Wildman–Crippen LogP) is 5.09. The summed E-state index contributed by atoms with van der Waals surface area (Å²) < 4.78 is 28.9. The highest BCUT2D eigenvalue weighted by molar-refractivity contribution is 7.92. The summed E-state index contributed by atoms with van der Waals surface area (Å²) in [7, 11) is -3.83. The van der Waals surface area contributed by atoms with Gasteiger partial charge in [-0.2, -0.15) is 5.10 Å². The van der Waals surface area contributed by atoms with E-state index in [1.165, 1.54) is 36.4 Å². The van der Waals surface area contributed by atoms with E-state index in [0.717, 1.165) is 5.69 Å². The lowest BCUT2D eigenvalue weighted by Crippen LogP contribution is -2.43. The standard InChI is InChI=1S/C26H33N5O3S/c32-21-16-14-20(15-17-21)31(35(33,34)22-10-5-2-6-11-22)26-13-7-12-24(28-26)27-25-18-23(29-30-25)19-8-3-1-4-9-19/h2,5-7,10-13,18-21,32H,1,3-4,8-9,14-17H2,(H2,27,28,29,30)/t20-,21-. The Hall–Kier alpha value is -2.91. The molecule has 3 N–H and O–H groups in total. The van der Waals surface area contributed by atoms with Gasteiger partial charge in [0.15, 0.2) is 5.82 Å². The Morgan fingerprint density at radius 1 is 0.886 bits per heavy atom. The van der Waals surface area contributed by atoms with Crippen LogP contribution in [-0.4, -0.2) is 40.9 Å². The summed E-state index contributed by atoms with van der Waals surface area (Å²) in [6.45, 7) is 0. The highest BCUT2D eigenvalue weighted by Gasteiger charge is 2.35.